The predicted octanol–water partition coefficient (Wildman–Crippen LogP) is 4.68. The van der Waals surface area contributed by atoms with Crippen molar-refractivity contribution in [3.8, 4) is 0 Å². The first-order chi connectivity index (χ1) is 9.49. The summed E-state index contributed by atoms with van der Waals surface area (Å²) in [6.07, 6.45) is 0. The second kappa shape index (κ2) is 6.21. The van der Waals surface area contributed by atoms with Crippen LogP contribution in [0.5, 0.6) is 0 Å². The maximum Gasteiger partial charge on any atom is 0.272 e. The van der Waals surface area contributed by atoms with Crippen LogP contribution in [0.4, 0.5) is 11.4 Å². The molecule has 0 aromatic heterocycles. The number of halogens is 1. The number of hydrogen-bond donors (Lipinski definition) is 1. The molecule has 20 heavy (non-hydrogen) atoms. The van der Waals surface area contributed by atoms with Crippen LogP contribution in [0.1, 0.15) is 24.1 Å². The van der Waals surface area contributed by atoms with Crippen LogP contribution in [0.2, 0.25) is 0 Å². The third-order valence-corrected chi connectivity index (χ3v) is 4.12. The maximum absolute atomic E-state index is 11.0. The fraction of sp³-hybridized carbons (Fsp3) is 0.200. The second-order valence-electron chi connectivity index (χ2n) is 4.65. The highest BCUT2D eigenvalue weighted by Crippen LogP contribution is 2.27. The summed E-state index contributed by atoms with van der Waals surface area (Å²) in [6.45, 7) is 3.75. The van der Waals surface area contributed by atoms with Crippen LogP contribution in [-0.4, -0.2) is 4.92 Å². The lowest BCUT2D eigenvalue weighted by Crippen LogP contribution is -2.08. The van der Waals surface area contributed by atoms with Crippen molar-refractivity contribution in [2.75, 3.05) is 5.32 Å². The Morgan fingerprint density at radius 3 is 2.60 bits per heavy atom. The van der Waals surface area contributed by atoms with Crippen LogP contribution in [0.25, 0.3) is 0 Å². The van der Waals surface area contributed by atoms with Gasteiger partial charge in [0.25, 0.3) is 5.69 Å². The zero-order chi connectivity index (χ0) is 14.7. The number of hydrogen-bond acceptors (Lipinski definition) is 3. The molecular weight excluding hydrogens is 367 g/mol. The van der Waals surface area contributed by atoms with Crippen LogP contribution in [0.15, 0.2) is 42.5 Å². The Morgan fingerprint density at radius 2 is 1.95 bits per heavy atom. The fourth-order valence-corrected chi connectivity index (χ4v) is 2.53. The molecule has 1 N–H and O–H groups in total. The van der Waals surface area contributed by atoms with E-state index >= 15 is 0 Å². The number of nitrogens with one attached hydrogen (secondary N) is 1. The first-order valence-electron chi connectivity index (χ1n) is 6.25. The molecule has 2 rings (SSSR count). The Labute approximate surface area is 131 Å². The molecule has 0 fully saturated rings. The van der Waals surface area contributed by atoms with E-state index in [4.69, 9.17) is 0 Å². The van der Waals surface area contributed by atoms with Gasteiger partial charge in [0.15, 0.2) is 0 Å². The van der Waals surface area contributed by atoms with E-state index in [1.54, 1.807) is 19.1 Å². The molecule has 0 spiro atoms. The summed E-state index contributed by atoms with van der Waals surface area (Å²) in [7, 11) is 0. The monoisotopic (exact) mass is 382 g/mol. The molecule has 1 atom stereocenters. The van der Waals surface area contributed by atoms with Gasteiger partial charge in [-0.3, -0.25) is 10.1 Å². The summed E-state index contributed by atoms with van der Waals surface area (Å²) in [5.74, 6) is 0. The van der Waals surface area contributed by atoms with Crippen molar-refractivity contribution in [1.29, 1.82) is 0 Å². The average Bonchev–Trinajstić information content (AvgIpc) is 2.41. The van der Waals surface area contributed by atoms with E-state index in [1.807, 2.05) is 37.3 Å². The Bertz CT molecular complexity index is 644. The standard InChI is InChI=1S/C15H15IN2O2/c1-10-7-8-12(9-15(10)18(19)20)11(2)17-14-6-4-3-5-13(14)16/h3-9,11,17H,1-2H3. The van der Waals surface area contributed by atoms with Gasteiger partial charge in [-0.1, -0.05) is 24.3 Å². The third kappa shape index (κ3) is 3.27. The third-order valence-electron chi connectivity index (χ3n) is 3.18. The van der Waals surface area contributed by atoms with Crippen molar-refractivity contribution in [1.82, 2.24) is 0 Å². The van der Waals surface area contributed by atoms with Crippen molar-refractivity contribution in [2.24, 2.45) is 0 Å². The van der Waals surface area contributed by atoms with Gasteiger partial charge in [-0.15, -0.1) is 0 Å². The molecule has 5 heteroatoms. The van der Waals surface area contributed by atoms with E-state index in [2.05, 4.69) is 27.9 Å². The number of para-hydroxylation sites is 1. The van der Waals surface area contributed by atoms with Gasteiger partial charge in [-0.2, -0.15) is 0 Å². The lowest BCUT2D eigenvalue weighted by Gasteiger charge is -2.17. The van der Waals surface area contributed by atoms with Crippen molar-refractivity contribution < 1.29 is 4.92 Å². The Kier molecular flexibility index (Phi) is 4.59. The molecule has 0 amide bonds. The van der Waals surface area contributed by atoms with Crippen molar-refractivity contribution in [2.45, 2.75) is 19.9 Å². The molecule has 104 valence electrons. The number of nitro groups is 1. The number of aryl methyl sites for hydroxylation is 1. The highest BCUT2D eigenvalue weighted by molar-refractivity contribution is 14.1. The minimum atomic E-state index is -0.335. The molecule has 0 bridgehead atoms. The van der Waals surface area contributed by atoms with Gasteiger partial charge >= 0.3 is 0 Å². The molecule has 0 aliphatic rings. The van der Waals surface area contributed by atoms with Crippen molar-refractivity contribution in [3.63, 3.8) is 0 Å². The Balaban J connectivity index is 2.26. The summed E-state index contributed by atoms with van der Waals surface area (Å²) < 4.78 is 1.12. The van der Waals surface area contributed by atoms with Crippen LogP contribution in [0, 0.1) is 20.6 Å². The van der Waals surface area contributed by atoms with E-state index in [9.17, 15) is 10.1 Å². The normalized spacial score (nSPS) is 11.9. The zero-order valence-corrected chi connectivity index (χ0v) is 13.4. The molecular formula is C15H15IN2O2. The van der Waals surface area contributed by atoms with Gasteiger partial charge in [0, 0.05) is 26.9 Å². The van der Waals surface area contributed by atoms with Gasteiger partial charge in [0.1, 0.15) is 0 Å². The molecule has 2 aromatic rings. The molecule has 4 nitrogen and oxygen atoms in total. The first-order valence-corrected chi connectivity index (χ1v) is 7.33. The minimum Gasteiger partial charge on any atom is -0.378 e. The van der Waals surface area contributed by atoms with Gasteiger partial charge in [-0.25, -0.2) is 0 Å². The number of nitro benzene ring substituents is 1. The topological polar surface area (TPSA) is 55.2 Å². The Hall–Kier alpha value is -1.63. The lowest BCUT2D eigenvalue weighted by molar-refractivity contribution is -0.385. The first kappa shape index (κ1) is 14.8. The van der Waals surface area contributed by atoms with E-state index in [0.29, 0.717) is 5.56 Å². The largest absolute Gasteiger partial charge is 0.378 e. The number of nitrogens with zero attached hydrogens (tertiary/aromatic N) is 1. The molecule has 2 aromatic carbocycles. The Morgan fingerprint density at radius 1 is 1.25 bits per heavy atom. The van der Waals surface area contributed by atoms with E-state index in [-0.39, 0.29) is 16.7 Å². The van der Waals surface area contributed by atoms with Crippen LogP contribution in [0.3, 0.4) is 0 Å². The molecule has 0 saturated heterocycles. The molecule has 0 heterocycles. The van der Waals surface area contributed by atoms with E-state index in [1.165, 1.54) is 0 Å². The molecule has 0 radical (unpaired) electrons. The van der Waals surface area contributed by atoms with Gasteiger partial charge in [-0.05, 0) is 54.1 Å². The molecule has 1 unspecified atom stereocenters. The quantitative estimate of drug-likeness (QED) is 0.475. The second-order valence-corrected chi connectivity index (χ2v) is 5.81. The van der Waals surface area contributed by atoms with Crippen LogP contribution < -0.4 is 5.32 Å². The predicted molar refractivity (Wildman–Crippen MR) is 89.0 cm³/mol. The lowest BCUT2D eigenvalue weighted by atomic mass is 10.0. The smallest absolute Gasteiger partial charge is 0.272 e. The highest BCUT2D eigenvalue weighted by atomic mass is 127. The summed E-state index contributed by atoms with van der Waals surface area (Å²) in [5, 5.41) is 14.4. The van der Waals surface area contributed by atoms with E-state index < -0.39 is 0 Å². The van der Waals surface area contributed by atoms with E-state index in [0.717, 1.165) is 14.8 Å². The molecule has 0 aliphatic heterocycles. The van der Waals surface area contributed by atoms with Crippen LogP contribution >= 0.6 is 22.6 Å². The summed E-state index contributed by atoms with van der Waals surface area (Å²) in [5.41, 5.74) is 2.78. The molecule has 0 aliphatic carbocycles. The van der Waals surface area contributed by atoms with Crippen LogP contribution in [-0.2, 0) is 0 Å². The summed E-state index contributed by atoms with van der Waals surface area (Å²) in [4.78, 5) is 10.7. The van der Waals surface area contributed by atoms with Gasteiger partial charge in [0.05, 0.1) is 4.92 Å². The van der Waals surface area contributed by atoms with Crippen molar-refractivity contribution in [3.05, 3.63) is 67.3 Å². The number of anilines is 1. The SMILES string of the molecule is Cc1ccc(C(C)Nc2ccccc2I)cc1[N+](=O)[O-]. The summed E-state index contributed by atoms with van der Waals surface area (Å²) in [6, 6.07) is 13.3. The highest BCUT2D eigenvalue weighted by Gasteiger charge is 2.14. The minimum absolute atomic E-state index is 0.00483. The van der Waals surface area contributed by atoms with Gasteiger partial charge < -0.3 is 5.32 Å². The average molecular weight is 382 g/mol. The fourth-order valence-electron chi connectivity index (χ4n) is 1.99. The van der Waals surface area contributed by atoms with Crippen molar-refractivity contribution >= 4 is 34.0 Å². The maximum atomic E-state index is 11.0. The number of rotatable bonds is 4. The number of benzene rings is 2. The summed E-state index contributed by atoms with van der Waals surface area (Å²) >= 11 is 2.27. The van der Waals surface area contributed by atoms with Gasteiger partial charge in [0.2, 0.25) is 0 Å². The zero-order valence-electron chi connectivity index (χ0n) is 11.3. The molecule has 0 saturated carbocycles.